The molecular weight excluding hydrogens is 238 g/mol. The average Bonchev–Trinajstić information content (AvgIpc) is 2.28. The molecule has 0 bridgehead atoms. The first-order valence-electron chi connectivity index (χ1n) is 5.08. The summed E-state index contributed by atoms with van der Waals surface area (Å²) >= 11 is 0. The van der Waals surface area contributed by atoms with Gasteiger partial charge in [-0.15, -0.1) is 5.92 Å². The minimum absolute atomic E-state index is 0.0774. The van der Waals surface area contributed by atoms with E-state index in [2.05, 4.69) is 11.8 Å². The molecule has 0 radical (unpaired) electrons. The Bertz CT molecular complexity index is 623. The maximum absolute atomic E-state index is 12.0. The number of hydrogen-bond donors (Lipinski definition) is 0. The molecule has 88 valence electrons. The Morgan fingerprint density at radius 1 is 1.35 bits per heavy atom. The summed E-state index contributed by atoms with van der Waals surface area (Å²) in [4.78, 5) is 12.0. The van der Waals surface area contributed by atoms with Crippen LogP contribution in [0.15, 0.2) is 24.3 Å². The first-order valence-corrected chi connectivity index (χ1v) is 6.69. The monoisotopic (exact) mass is 249 g/mol. The van der Waals surface area contributed by atoms with Crippen LogP contribution in [0.25, 0.3) is 0 Å². The number of rotatable bonds is 1. The lowest BCUT2D eigenvalue weighted by Crippen LogP contribution is -2.42. The normalized spacial score (nSPS) is 17.0. The Balaban J connectivity index is 2.50. The van der Waals surface area contributed by atoms with Crippen LogP contribution in [0.2, 0.25) is 0 Å². The Morgan fingerprint density at radius 2 is 2.06 bits per heavy atom. The molecule has 1 aliphatic heterocycles. The fourth-order valence-electron chi connectivity index (χ4n) is 1.71. The Kier molecular flexibility index (Phi) is 2.90. The van der Waals surface area contributed by atoms with Gasteiger partial charge in [0.25, 0.3) is 5.91 Å². The minimum atomic E-state index is -3.58. The third kappa shape index (κ3) is 2.04. The highest BCUT2D eigenvalue weighted by Gasteiger charge is 2.34. The molecule has 4 nitrogen and oxygen atoms in total. The van der Waals surface area contributed by atoms with Crippen molar-refractivity contribution in [3.8, 4) is 11.8 Å². The number of nitrogens with zero attached hydrogens (tertiary/aromatic N) is 1. The highest BCUT2D eigenvalue weighted by atomic mass is 32.2. The van der Waals surface area contributed by atoms with Gasteiger partial charge in [-0.25, -0.2) is 12.7 Å². The van der Waals surface area contributed by atoms with E-state index in [1.807, 2.05) is 0 Å². The van der Waals surface area contributed by atoms with Gasteiger partial charge in [-0.1, -0.05) is 24.1 Å². The van der Waals surface area contributed by atoms with Crippen molar-refractivity contribution in [1.82, 2.24) is 4.31 Å². The van der Waals surface area contributed by atoms with E-state index in [9.17, 15) is 13.2 Å². The molecule has 2 rings (SSSR count). The number of amides is 1. The van der Waals surface area contributed by atoms with Gasteiger partial charge in [0.2, 0.25) is 10.0 Å². The molecule has 1 aliphatic rings. The Labute approximate surface area is 100 Å². The van der Waals surface area contributed by atoms with Crippen molar-refractivity contribution in [1.29, 1.82) is 0 Å². The maximum atomic E-state index is 12.0. The van der Waals surface area contributed by atoms with Crippen LogP contribution in [0.5, 0.6) is 0 Å². The average molecular weight is 249 g/mol. The predicted molar refractivity (Wildman–Crippen MR) is 63.6 cm³/mol. The lowest BCUT2D eigenvalue weighted by atomic mass is 10.1. The molecule has 1 aromatic carbocycles. The molecule has 0 aromatic heterocycles. The molecule has 0 saturated heterocycles. The fraction of sp³-hybridized carbons (Fsp3) is 0.250. The van der Waals surface area contributed by atoms with Gasteiger partial charge < -0.3 is 0 Å². The van der Waals surface area contributed by atoms with E-state index in [0.717, 1.165) is 4.31 Å². The van der Waals surface area contributed by atoms with Gasteiger partial charge in [-0.3, -0.25) is 4.79 Å². The van der Waals surface area contributed by atoms with Gasteiger partial charge in [0, 0.05) is 5.56 Å². The number of carbonyl (C=O) groups excluding carboxylic acids is 1. The van der Waals surface area contributed by atoms with Gasteiger partial charge >= 0.3 is 0 Å². The van der Waals surface area contributed by atoms with Gasteiger partial charge in [0.05, 0.1) is 12.3 Å². The van der Waals surface area contributed by atoms with Crippen LogP contribution >= 0.6 is 0 Å². The molecule has 0 spiro atoms. The summed E-state index contributed by atoms with van der Waals surface area (Å²) in [5, 5.41) is 0. The Hall–Kier alpha value is -1.80. The molecule has 0 fully saturated rings. The van der Waals surface area contributed by atoms with E-state index >= 15 is 0 Å². The van der Waals surface area contributed by atoms with E-state index in [1.54, 1.807) is 31.2 Å². The third-order valence-electron chi connectivity index (χ3n) is 2.55. The van der Waals surface area contributed by atoms with E-state index < -0.39 is 15.9 Å². The number of sulfonamides is 1. The molecule has 0 saturated carbocycles. The molecule has 1 heterocycles. The highest BCUT2D eigenvalue weighted by Crippen LogP contribution is 2.23. The van der Waals surface area contributed by atoms with Crippen LogP contribution in [-0.2, 0) is 15.8 Å². The van der Waals surface area contributed by atoms with Crippen LogP contribution in [0.4, 0.5) is 0 Å². The fourth-order valence-corrected chi connectivity index (χ4v) is 3.12. The molecular formula is C12H11NO3S. The van der Waals surface area contributed by atoms with Crippen LogP contribution in [-0.4, -0.2) is 25.2 Å². The summed E-state index contributed by atoms with van der Waals surface area (Å²) in [5.74, 6) is 4.57. The van der Waals surface area contributed by atoms with Crippen molar-refractivity contribution in [3.05, 3.63) is 35.4 Å². The summed E-state index contributed by atoms with van der Waals surface area (Å²) in [5.41, 5.74) is 0.999. The summed E-state index contributed by atoms with van der Waals surface area (Å²) in [6, 6.07) is 6.74. The minimum Gasteiger partial charge on any atom is -0.268 e. The zero-order valence-electron chi connectivity index (χ0n) is 9.30. The van der Waals surface area contributed by atoms with Crippen LogP contribution < -0.4 is 0 Å². The van der Waals surface area contributed by atoms with Crippen molar-refractivity contribution >= 4 is 15.9 Å². The van der Waals surface area contributed by atoms with Crippen molar-refractivity contribution in [2.24, 2.45) is 0 Å². The third-order valence-corrected chi connectivity index (χ3v) is 4.19. The molecule has 5 heteroatoms. The van der Waals surface area contributed by atoms with Gasteiger partial charge in [0.1, 0.15) is 0 Å². The smallest absolute Gasteiger partial charge is 0.268 e. The second-order valence-electron chi connectivity index (χ2n) is 3.65. The number of benzene rings is 1. The van der Waals surface area contributed by atoms with Crippen molar-refractivity contribution < 1.29 is 13.2 Å². The van der Waals surface area contributed by atoms with Gasteiger partial charge in [-0.2, -0.15) is 0 Å². The first kappa shape index (κ1) is 11.7. The van der Waals surface area contributed by atoms with Crippen LogP contribution in [0.3, 0.4) is 0 Å². The topological polar surface area (TPSA) is 54.5 Å². The van der Waals surface area contributed by atoms with Crippen molar-refractivity contribution in [2.75, 3.05) is 6.54 Å². The SMILES string of the molecule is CC#CCN1C(=O)c2ccccc2CS1(=O)=O. The van der Waals surface area contributed by atoms with E-state index in [-0.39, 0.29) is 12.3 Å². The van der Waals surface area contributed by atoms with E-state index in [4.69, 9.17) is 0 Å². The predicted octanol–water partition coefficient (Wildman–Crippen LogP) is 0.996. The second kappa shape index (κ2) is 4.22. The van der Waals surface area contributed by atoms with Crippen LogP contribution in [0.1, 0.15) is 22.8 Å². The molecule has 0 atom stereocenters. The highest BCUT2D eigenvalue weighted by molar-refractivity contribution is 7.89. The number of hydrogen-bond acceptors (Lipinski definition) is 3. The lowest BCUT2D eigenvalue weighted by Gasteiger charge is -2.26. The van der Waals surface area contributed by atoms with Gasteiger partial charge in [0.15, 0.2) is 0 Å². The summed E-state index contributed by atoms with van der Waals surface area (Å²) in [6.07, 6.45) is 0. The number of fused-ring (bicyclic) bond motifs is 1. The van der Waals surface area contributed by atoms with E-state index in [0.29, 0.717) is 11.1 Å². The molecule has 0 N–H and O–H groups in total. The standard InChI is InChI=1S/C12H11NO3S/c1-2-3-8-13-12(14)11-7-5-4-6-10(11)9-17(13,15)16/h4-7H,8-9H2,1H3. The molecule has 1 amide bonds. The summed E-state index contributed by atoms with van der Waals surface area (Å²) < 4.78 is 24.6. The summed E-state index contributed by atoms with van der Waals surface area (Å²) in [6.45, 7) is 1.53. The zero-order valence-corrected chi connectivity index (χ0v) is 10.1. The molecule has 0 unspecified atom stereocenters. The first-order chi connectivity index (χ1) is 8.06. The van der Waals surface area contributed by atoms with E-state index in [1.165, 1.54) is 0 Å². The molecule has 0 aliphatic carbocycles. The molecule has 17 heavy (non-hydrogen) atoms. The van der Waals surface area contributed by atoms with Crippen molar-refractivity contribution in [2.45, 2.75) is 12.7 Å². The lowest BCUT2D eigenvalue weighted by molar-refractivity contribution is 0.0867. The quantitative estimate of drug-likeness (QED) is 0.698. The zero-order chi connectivity index (χ0) is 12.5. The second-order valence-corrected chi connectivity index (χ2v) is 5.55. The van der Waals surface area contributed by atoms with Gasteiger partial charge in [-0.05, 0) is 18.6 Å². The number of carbonyl (C=O) groups is 1. The van der Waals surface area contributed by atoms with Crippen LogP contribution in [0, 0.1) is 11.8 Å². The summed E-state index contributed by atoms with van der Waals surface area (Å²) in [7, 11) is -3.58. The molecule has 1 aromatic rings. The largest absolute Gasteiger partial charge is 0.268 e. The maximum Gasteiger partial charge on any atom is 0.268 e. The van der Waals surface area contributed by atoms with Crippen molar-refractivity contribution in [3.63, 3.8) is 0 Å². The Morgan fingerprint density at radius 3 is 2.76 bits per heavy atom.